The summed E-state index contributed by atoms with van der Waals surface area (Å²) in [7, 11) is 2.06. The molecule has 0 radical (unpaired) electrons. The Morgan fingerprint density at radius 2 is 2.00 bits per heavy atom. The fourth-order valence-corrected chi connectivity index (χ4v) is 6.15. The summed E-state index contributed by atoms with van der Waals surface area (Å²) in [6, 6.07) is 14.7. The lowest BCUT2D eigenvalue weighted by molar-refractivity contribution is 0.476. The van der Waals surface area contributed by atoms with Crippen molar-refractivity contribution in [3.05, 3.63) is 59.6 Å². The lowest BCUT2D eigenvalue weighted by Crippen LogP contribution is -2.12. The van der Waals surface area contributed by atoms with Gasteiger partial charge in [0.1, 0.15) is 5.52 Å². The van der Waals surface area contributed by atoms with Crippen LogP contribution in [0.25, 0.3) is 33.4 Å². The standard InChI is InChI=1S/C30H34N6OS/c1-18(2)29-33-26-15-21-12-11-20(17-31-25(21)16-27(26)37-29)7-6-14-38-30-35-34-28(36(30)4)23-8-5-9-24-22(23)13-10-19(3)32-24/h5,8-10,13,15-16,18,20,31H,6-7,11-12,14,17H2,1-4H3. The van der Waals surface area contributed by atoms with Gasteiger partial charge in [0.05, 0.1) is 5.52 Å². The third-order valence-electron chi connectivity index (χ3n) is 7.46. The Kier molecular flexibility index (Phi) is 6.82. The molecule has 0 saturated heterocycles. The van der Waals surface area contributed by atoms with Crippen LogP contribution in [-0.4, -0.2) is 37.0 Å². The van der Waals surface area contributed by atoms with Crippen LogP contribution in [0.3, 0.4) is 0 Å². The maximum absolute atomic E-state index is 5.98. The zero-order valence-corrected chi connectivity index (χ0v) is 23.3. The van der Waals surface area contributed by atoms with Gasteiger partial charge in [-0.15, -0.1) is 10.2 Å². The van der Waals surface area contributed by atoms with Crippen molar-refractivity contribution in [3.8, 4) is 11.4 Å². The molecule has 0 bridgehead atoms. The van der Waals surface area contributed by atoms with E-state index in [1.807, 2.05) is 13.0 Å². The minimum atomic E-state index is 0.297. The van der Waals surface area contributed by atoms with Crippen molar-refractivity contribution in [1.82, 2.24) is 24.7 Å². The highest BCUT2D eigenvalue weighted by Crippen LogP contribution is 2.33. The number of pyridine rings is 1. The minimum Gasteiger partial charge on any atom is -0.440 e. The summed E-state index contributed by atoms with van der Waals surface area (Å²) in [5.41, 5.74) is 7.49. The van der Waals surface area contributed by atoms with Crippen LogP contribution in [-0.2, 0) is 13.5 Å². The molecule has 0 fully saturated rings. The Bertz CT molecular complexity index is 1560. The first-order valence-electron chi connectivity index (χ1n) is 13.5. The lowest BCUT2D eigenvalue weighted by atomic mass is 9.97. The second-order valence-corrected chi connectivity index (χ2v) is 11.7. The largest absolute Gasteiger partial charge is 0.440 e. The number of anilines is 1. The maximum atomic E-state index is 5.98. The molecular weight excluding hydrogens is 492 g/mol. The molecular formula is C30H34N6OS. The Balaban J connectivity index is 1.05. The number of benzene rings is 2. The molecule has 7 nitrogen and oxygen atoms in total. The van der Waals surface area contributed by atoms with Crippen molar-refractivity contribution in [1.29, 1.82) is 0 Å². The first-order chi connectivity index (χ1) is 18.5. The summed E-state index contributed by atoms with van der Waals surface area (Å²) in [4.78, 5) is 9.36. The number of aryl methyl sites for hydroxylation is 2. The van der Waals surface area contributed by atoms with Crippen LogP contribution in [0.15, 0.2) is 52.0 Å². The summed E-state index contributed by atoms with van der Waals surface area (Å²) in [5, 5.41) is 14.8. The smallest absolute Gasteiger partial charge is 0.198 e. The van der Waals surface area contributed by atoms with E-state index in [4.69, 9.17) is 9.40 Å². The van der Waals surface area contributed by atoms with Gasteiger partial charge in [0.15, 0.2) is 22.5 Å². The van der Waals surface area contributed by atoms with Gasteiger partial charge >= 0.3 is 0 Å². The van der Waals surface area contributed by atoms with Gasteiger partial charge in [-0.1, -0.05) is 43.8 Å². The first-order valence-corrected chi connectivity index (χ1v) is 14.5. The molecule has 2 aromatic carbocycles. The molecule has 0 aliphatic carbocycles. The third kappa shape index (κ3) is 4.89. The Morgan fingerprint density at radius 3 is 2.87 bits per heavy atom. The number of nitrogens with zero attached hydrogens (tertiary/aromatic N) is 5. The summed E-state index contributed by atoms with van der Waals surface area (Å²) in [5.74, 6) is 3.67. The molecule has 0 spiro atoms. The summed E-state index contributed by atoms with van der Waals surface area (Å²) >= 11 is 1.79. The van der Waals surface area contributed by atoms with Gasteiger partial charge in [0.25, 0.3) is 0 Å². The molecule has 5 aromatic rings. The number of fused-ring (bicyclic) bond motifs is 3. The molecule has 1 atom stereocenters. The van der Waals surface area contributed by atoms with E-state index in [0.717, 1.165) is 75.3 Å². The van der Waals surface area contributed by atoms with Gasteiger partial charge in [-0.25, -0.2) is 4.98 Å². The number of thioether (sulfide) groups is 1. The predicted molar refractivity (Wildman–Crippen MR) is 155 cm³/mol. The van der Waals surface area contributed by atoms with Crippen molar-refractivity contribution < 1.29 is 4.42 Å². The van der Waals surface area contributed by atoms with E-state index in [2.05, 4.69) is 82.4 Å². The number of hydrogen-bond donors (Lipinski definition) is 1. The van der Waals surface area contributed by atoms with Crippen LogP contribution in [0.5, 0.6) is 0 Å². The quantitative estimate of drug-likeness (QED) is 0.178. The van der Waals surface area contributed by atoms with Crippen LogP contribution >= 0.6 is 11.8 Å². The molecule has 0 saturated carbocycles. The molecule has 4 heterocycles. The second kappa shape index (κ2) is 10.4. The molecule has 3 aromatic heterocycles. The van der Waals surface area contributed by atoms with E-state index in [-0.39, 0.29) is 0 Å². The lowest BCUT2D eigenvalue weighted by Gasteiger charge is -2.14. The van der Waals surface area contributed by atoms with E-state index in [0.29, 0.717) is 11.8 Å². The van der Waals surface area contributed by atoms with Crippen molar-refractivity contribution in [3.63, 3.8) is 0 Å². The molecule has 1 aliphatic rings. The van der Waals surface area contributed by atoms with E-state index in [1.165, 1.54) is 24.1 Å². The molecule has 1 N–H and O–H groups in total. The second-order valence-electron chi connectivity index (χ2n) is 10.7. The molecule has 6 rings (SSSR count). The van der Waals surface area contributed by atoms with Crippen LogP contribution in [0.2, 0.25) is 0 Å². The van der Waals surface area contributed by atoms with Crippen molar-refractivity contribution in [2.45, 2.75) is 57.5 Å². The first kappa shape index (κ1) is 24.9. The fraction of sp³-hybridized carbons (Fsp3) is 0.400. The number of oxazole rings is 1. The molecule has 0 amide bonds. The zero-order chi connectivity index (χ0) is 26.2. The van der Waals surface area contributed by atoms with E-state index < -0.39 is 0 Å². The van der Waals surface area contributed by atoms with E-state index >= 15 is 0 Å². The van der Waals surface area contributed by atoms with Crippen LogP contribution in [0.1, 0.15) is 56.2 Å². The van der Waals surface area contributed by atoms with Crippen LogP contribution in [0.4, 0.5) is 5.69 Å². The molecule has 196 valence electrons. The van der Waals surface area contributed by atoms with Crippen LogP contribution in [0, 0.1) is 12.8 Å². The maximum Gasteiger partial charge on any atom is 0.198 e. The fourth-order valence-electron chi connectivity index (χ4n) is 5.28. The van der Waals surface area contributed by atoms with Gasteiger partial charge in [0.2, 0.25) is 0 Å². The number of aromatic nitrogens is 5. The highest BCUT2D eigenvalue weighted by atomic mass is 32.2. The normalized spacial score (nSPS) is 15.7. The average Bonchev–Trinajstić information content (AvgIpc) is 3.43. The third-order valence-corrected chi connectivity index (χ3v) is 8.57. The van der Waals surface area contributed by atoms with Gasteiger partial charge in [0, 0.05) is 53.7 Å². The van der Waals surface area contributed by atoms with Crippen LogP contribution < -0.4 is 5.32 Å². The Labute approximate surface area is 227 Å². The average molecular weight is 527 g/mol. The predicted octanol–water partition coefficient (Wildman–Crippen LogP) is 7.15. The molecule has 1 unspecified atom stereocenters. The Hall–Kier alpha value is -3.39. The summed E-state index contributed by atoms with van der Waals surface area (Å²) < 4.78 is 8.09. The number of hydrogen-bond acceptors (Lipinski definition) is 7. The number of rotatable bonds is 7. The highest BCUT2D eigenvalue weighted by molar-refractivity contribution is 7.99. The monoisotopic (exact) mass is 526 g/mol. The van der Waals surface area contributed by atoms with Crippen molar-refractivity contribution >= 4 is 39.5 Å². The van der Waals surface area contributed by atoms with E-state index in [1.54, 1.807) is 11.8 Å². The van der Waals surface area contributed by atoms with Crippen molar-refractivity contribution in [2.24, 2.45) is 13.0 Å². The minimum absolute atomic E-state index is 0.297. The van der Waals surface area contributed by atoms with E-state index in [9.17, 15) is 0 Å². The molecule has 8 heteroatoms. The zero-order valence-electron chi connectivity index (χ0n) is 22.5. The molecule has 38 heavy (non-hydrogen) atoms. The van der Waals surface area contributed by atoms with Crippen molar-refractivity contribution in [2.75, 3.05) is 17.6 Å². The summed E-state index contributed by atoms with van der Waals surface area (Å²) in [6.07, 6.45) is 4.60. The Morgan fingerprint density at radius 1 is 1.11 bits per heavy atom. The topological polar surface area (TPSA) is 81.7 Å². The van der Waals surface area contributed by atoms with Gasteiger partial charge in [-0.2, -0.15) is 0 Å². The SMILES string of the molecule is Cc1ccc2c(-c3nnc(SCCCC4CCc5cc6nc(C(C)C)oc6cc5NC4)n3C)cccc2n1. The molecule has 1 aliphatic heterocycles. The van der Waals surface area contributed by atoms with Gasteiger partial charge in [-0.3, -0.25) is 4.98 Å². The van der Waals surface area contributed by atoms with Gasteiger partial charge in [-0.05, 0) is 62.3 Å². The van der Waals surface area contributed by atoms with Gasteiger partial charge < -0.3 is 14.3 Å². The number of nitrogens with one attached hydrogen (secondary N) is 1. The summed E-state index contributed by atoms with van der Waals surface area (Å²) in [6.45, 7) is 7.25. The highest BCUT2D eigenvalue weighted by Gasteiger charge is 2.19.